The zero-order chi connectivity index (χ0) is 13.1. The molecule has 1 rings (SSSR count). The normalized spacial score (nSPS) is 11.4. The van der Waals surface area contributed by atoms with Gasteiger partial charge < -0.3 is 9.84 Å². The largest absolute Gasteiger partial charge is 0.468 e. The van der Waals surface area contributed by atoms with E-state index >= 15 is 0 Å². The van der Waals surface area contributed by atoms with Crippen molar-refractivity contribution in [2.75, 3.05) is 6.61 Å². The summed E-state index contributed by atoms with van der Waals surface area (Å²) < 4.78 is 40.2. The quantitative estimate of drug-likeness (QED) is 0.825. The van der Waals surface area contributed by atoms with E-state index < -0.39 is 19.4 Å². The Morgan fingerprint density at radius 3 is 2.65 bits per heavy atom. The van der Waals surface area contributed by atoms with Gasteiger partial charge in [0, 0.05) is 17.3 Å². The van der Waals surface area contributed by atoms with E-state index in [2.05, 4.69) is 9.72 Å². The van der Waals surface area contributed by atoms with E-state index in [0.717, 1.165) is 6.20 Å². The van der Waals surface area contributed by atoms with Gasteiger partial charge in [0.1, 0.15) is 0 Å². The van der Waals surface area contributed by atoms with E-state index in [4.69, 9.17) is 5.11 Å². The highest BCUT2D eigenvalue weighted by atomic mass is 19.4. The number of Topliss-reactive ketones (excluding diaryl/α,β-unsaturated/α-hetero) is 1. The van der Waals surface area contributed by atoms with Gasteiger partial charge in [0.25, 0.3) is 0 Å². The number of nitrogens with zero attached hydrogens (tertiary/aromatic N) is 1. The number of hydrogen-bond donors (Lipinski definition) is 1. The zero-order valence-electron chi connectivity index (χ0n) is 8.91. The predicted molar refractivity (Wildman–Crippen MR) is 51.7 cm³/mol. The lowest BCUT2D eigenvalue weighted by molar-refractivity contribution is -0.154. The molecule has 0 amide bonds. The van der Waals surface area contributed by atoms with Crippen molar-refractivity contribution in [3.8, 4) is 5.88 Å². The van der Waals surface area contributed by atoms with Gasteiger partial charge in [-0.2, -0.15) is 13.2 Å². The van der Waals surface area contributed by atoms with Crippen LogP contribution in [-0.2, 0) is 6.61 Å². The molecule has 1 N–H and O–H groups in total. The fraction of sp³-hybridized carbons (Fsp3) is 0.400. The Kier molecular flexibility index (Phi) is 4.06. The summed E-state index contributed by atoms with van der Waals surface area (Å²) >= 11 is 0. The summed E-state index contributed by atoms with van der Waals surface area (Å²) in [6.07, 6.45) is -3.37. The maximum atomic E-state index is 11.9. The van der Waals surface area contributed by atoms with E-state index in [1.807, 2.05) is 0 Å². The Bertz CT molecular complexity index is 418. The summed E-state index contributed by atoms with van der Waals surface area (Å²) in [7, 11) is 0. The molecule has 1 aromatic rings. The number of aliphatic hydroxyl groups is 1. The lowest BCUT2D eigenvalue weighted by Crippen LogP contribution is -2.20. The molecule has 0 spiro atoms. The third-order valence-corrected chi connectivity index (χ3v) is 1.87. The van der Waals surface area contributed by atoms with Crippen LogP contribution in [0.3, 0.4) is 0 Å². The average Bonchev–Trinajstić information content (AvgIpc) is 2.24. The van der Waals surface area contributed by atoms with Gasteiger partial charge in [0.05, 0.1) is 6.61 Å². The molecule has 0 aliphatic carbocycles. The molecule has 0 aliphatic rings. The number of ether oxygens (including phenoxy) is 1. The SMILES string of the molecule is CC(=O)c1cnc(OCC(F)(F)F)c(CO)c1. The third kappa shape index (κ3) is 4.03. The number of ketones is 1. The van der Waals surface area contributed by atoms with Crippen LogP contribution in [-0.4, -0.2) is 28.7 Å². The van der Waals surface area contributed by atoms with Gasteiger partial charge in [-0.05, 0) is 13.0 Å². The highest BCUT2D eigenvalue weighted by molar-refractivity contribution is 5.93. The van der Waals surface area contributed by atoms with Crippen molar-refractivity contribution in [3.05, 3.63) is 23.4 Å². The Morgan fingerprint density at radius 1 is 1.53 bits per heavy atom. The molecule has 0 aromatic carbocycles. The highest BCUT2D eigenvalue weighted by Crippen LogP contribution is 2.21. The highest BCUT2D eigenvalue weighted by Gasteiger charge is 2.29. The fourth-order valence-electron chi connectivity index (χ4n) is 1.08. The molecule has 1 heterocycles. The van der Waals surface area contributed by atoms with Crippen LogP contribution < -0.4 is 4.74 Å². The second-order valence-electron chi connectivity index (χ2n) is 3.31. The van der Waals surface area contributed by atoms with Gasteiger partial charge in [-0.3, -0.25) is 4.79 Å². The Hall–Kier alpha value is -1.63. The average molecular weight is 249 g/mol. The van der Waals surface area contributed by atoms with Crippen LogP contribution in [0.5, 0.6) is 5.88 Å². The number of alkyl halides is 3. The number of halogens is 3. The molecule has 7 heteroatoms. The Balaban J connectivity index is 2.89. The number of carbonyl (C=O) groups excluding carboxylic acids is 1. The van der Waals surface area contributed by atoms with Crippen LogP contribution in [0.2, 0.25) is 0 Å². The van der Waals surface area contributed by atoms with Crippen LogP contribution in [0, 0.1) is 0 Å². The number of aliphatic hydroxyl groups excluding tert-OH is 1. The summed E-state index contributed by atoms with van der Waals surface area (Å²) in [5.41, 5.74) is 0.246. The molecule has 0 radical (unpaired) electrons. The second kappa shape index (κ2) is 5.13. The van der Waals surface area contributed by atoms with Crippen molar-refractivity contribution in [2.45, 2.75) is 19.7 Å². The minimum Gasteiger partial charge on any atom is -0.468 e. The van der Waals surface area contributed by atoms with Gasteiger partial charge in [-0.1, -0.05) is 0 Å². The molecular formula is C10H10F3NO3. The maximum absolute atomic E-state index is 11.9. The number of pyridine rings is 1. The molecule has 0 saturated heterocycles. The third-order valence-electron chi connectivity index (χ3n) is 1.87. The first kappa shape index (κ1) is 13.4. The van der Waals surface area contributed by atoms with E-state index in [9.17, 15) is 18.0 Å². The van der Waals surface area contributed by atoms with Crippen molar-refractivity contribution in [3.63, 3.8) is 0 Å². The lowest BCUT2D eigenvalue weighted by Gasteiger charge is -2.11. The lowest BCUT2D eigenvalue weighted by atomic mass is 10.1. The van der Waals surface area contributed by atoms with Crippen LogP contribution >= 0.6 is 0 Å². The van der Waals surface area contributed by atoms with E-state index in [1.54, 1.807) is 0 Å². The van der Waals surface area contributed by atoms with Crippen molar-refractivity contribution < 1.29 is 27.8 Å². The molecule has 0 atom stereocenters. The topological polar surface area (TPSA) is 59.4 Å². The first-order valence-corrected chi connectivity index (χ1v) is 4.64. The number of carbonyl (C=O) groups is 1. The maximum Gasteiger partial charge on any atom is 0.422 e. The molecule has 4 nitrogen and oxygen atoms in total. The molecule has 0 aliphatic heterocycles. The van der Waals surface area contributed by atoms with Crippen LogP contribution in [0.15, 0.2) is 12.3 Å². The van der Waals surface area contributed by atoms with Crippen LogP contribution in [0.1, 0.15) is 22.8 Å². The molecule has 0 saturated carbocycles. The molecular weight excluding hydrogens is 239 g/mol. The standard InChI is InChI=1S/C10H10F3NO3/c1-6(16)7-2-8(4-15)9(14-3-7)17-5-10(11,12)13/h2-3,15H,4-5H2,1H3. The molecule has 94 valence electrons. The molecule has 0 fully saturated rings. The minimum atomic E-state index is -4.48. The Morgan fingerprint density at radius 2 is 2.18 bits per heavy atom. The summed E-state index contributed by atoms with van der Waals surface area (Å²) in [5.74, 6) is -0.621. The van der Waals surface area contributed by atoms with Crippen molar-refractivity contribution in [1.82, 2.24) is 4.98 Å². The first-order chi connectivity index (χ1) is 7.83. The number of hydrogen-bond acceptors (Lipinski definition) is 4. The van der Waals surface area contributed by atoms with E-state index in [0.29, 0.717) is 0 Å². The van der Waals surface area contributed by atoms with Gasteiger partial charge in [0.15, 0.2) is 12.4 Å². The molecule has 1 aromatic heterocycles. The van der Waals surface area contributed by atoms with Gasteiger partial charge in [0.2, 0.25) is 5.88 Å². The summed E-state index contributed by atoms with van der Waals surface area (Å²) in [6.45, 7) is -0.762. The number of rotatable bonds is 4. The first-order valence-electron chi connectivity index (χ1n) is 4.64. The molecule has 17 heavy (non-hydrogen) atoms. The van der Waals surface area contributed by atoms with Crippen LogP contribution in [0.4, 0.5) is 13.2 Å². The monoisotopic (exact) mass is 249 g/mol. The van der Waals surface area contributed by atoms with Gasteiger partial charge in [-0.15, -0.1) is 0 Å². The summed E-state index contributed by atoms with van der Waals surface area (Å²) in [6, 6.07) is 1.25. The zero-order valence-corrected chi connectivity index (χ0v) is 8.91. The van der Waals surface area contributed by atoms with Crippen molar-refractivity contribution in [1.29, 1.82) is 0 Å². The van der Waals surface area contributed by atoms with E-state index in [1.165, 1.54) is 13.0 Å². The summed E-state index contributed by atoms with van der Waals surface area (Å²) in [4.78, 5) is 14.6. The second-order valence-corrected chi connectivity index (χ2v) is 3.31. The Labute approximate surface area is 95.0 Å². The van der Waals surface area contributed by atoms with Gasteiger partial charge >= 0.3 is 6.18 Å². The molecule has 0 unspecified atom stereocenters. The van der Waals surface area contributed by atoms with Crippen molar-refractivity contribution in [2.24, 2.45) is 0 Å². The van der Waals surface area contributed by atoms with E-state index in [-0.39, 0.29) is 22.8 Å². The minimum absolute atomic E-state index is 0.0435. The fourth-order valence-corrected chi connectivity index (χ4v) is 1.08. The van der Waals surface area contributed by atoms with Gasteiger partial charge in [-0.25, -0.2) is 4.98 Å². The molecule has 0 bridgehead atoms. The predicted octanol–water partition coefficient (Wildman–Crippen LogP) is 1.72. The summed E-state index contributed by atoms with van der Waals surface area (Å²) in [5, 5.41) is 8.94. The van der Waals surface area contributed by atoms with Crippen LogP contribution in [0.25, 0.3) is 0 Å². The van der Waals surface area contributed by atoms with Crippen molar-refractivity contribution >= 4 is 5.78 Å². The smallest absolute Gasteiger partial charge is 0.422 e. The number of aromatic nitrogens is 1.